The summed E-state index contributed by atoms with van der Waals surface area (Å²) in [5, 5.41) is 10.4. The van der Waals surface area contributed by atoms with Crippen LogP contribution in [0.5, 0.6) is 0 Å². The van der Waals surface area contributed by atoms with Crippen molar-refractivity contribution in [2.24, 2.45) is 0 Å². The van der Waals surface area contributed by atoms with Crippen LogP contribution in [0.3, 0.4) is 0 Å². The third kappa shape index (κ3) is 3.61. The summed E-state index contributed by atoms with van der Waals surface area (Å²) in [4.78, 5) is 8.78. The fraction of sp³-hybridized carbons (Fsp3) is 0.583. The second kappa shape index (κ2) is 6.06. The van der Waals surface area contributed by atoms with Crippen molar-refractivity contribution in [1.82, 2.24) is 20.4 Å². The maximum atomic E-state index is 5.24. The molecule has 0 aliphatic heterocycles. The summed E-state index contributed by atoms with van der Waals surface area (Å²) in [5.74, 6) is 1.40. The smallest absolute Gasteiger partial charge is 0.228 e. The predicted octanol–water partition coefficient (Wildman–Crippen LogP) is 1.97. The van der Waals surface area contributed by atoms with Gasteiger partial charge in [-0.15, -0.1) is 11.3 Å². The van der Waals surface area contributed by atoms with Gasteiger partial charge in [-0.1, -0.05) is 12.1 Å². The Morgan fingerprint density at radius 1 is 1.44 bits per heavy atom. The van der Waals surface area contributed by atoms with E-state index in [1.807, 2.05) is 12.3 Å². The van der Waals surface area contributed by atoms with E-state index >= 15 is 0 Å². The number of nitrogens with zero attached hydrogens (tertiary/aromatic N) is 3. The van der Waals surface area contributed by atoms with Crippen molar-refractivity contribution < 1.29 is 4.52 Å². The van der Waals surface area contributed by atoms with E-state index < -0.39 is 0 Å². The fourth-order valence-electron chi connectivity index (χ4n) is 1.75. The van der Waals surface area contributed by atoms with E-state index in [1.165, 1.54) is 0 Å². The molecule has 2 rings (SSSR count). The van der Waals surface area contributed by atoms with Gasteiger partial charge in [0.1, 0.15) is 5.01 Å². The van der Waals surface area contributed by atoms with Gasteiger partial charge in [0.25, 0.3) is 0 Å². The third-order valence-corrected chi connectivity index (χ3v) is 3.49. The van der Waals surface area contributed by atoms with E-state index in [0.717, 1.165) is 23.7 Å². The number of rotatable bonds is 6. The number of hydrogen-bond acceptors (Lipinski definition) is 6. The quantitative estimate of drug-likeness (QED) is 0.866. The zero-order valence-electron chi connectivity index (χ0n) is 10.9. The Kier molecular flexibility index (Phi) is 4.43. The van der Waals surface area contributed by atoms with Gasteiger partial charge in [-0.25, -0.2) is 4.98 Å². The Morgan fingerprint density at radius 2 is 2.28 bits per heavy atom. The highest BCUT2D eigenvalue weighted by molar-refractivity contribution is 7.09. The second-order valence-corrected chi connectivity index (χ2v) is 5.27. The van der Waals surface area contributed by atoms with Gasteiger partial charge in [0.05, 0.1) is 6.42 Å². The van der Waals surface area contributed by atoms with Crippen molar-refractivity contribution in [2.45, 2.75) is 39.7 Å². The molecule has 2 aromatic heterocycles. The molecule has 1 atom stereocenters. The van der Waals surface area contributed by atoms with Crippen molar-refractivity contribution >= 4 is 11.3 Å². The Bertz CT molecular complexity index is 494. The molecule has 2 heterocycles. The molecule has 0 saturated heterocycles. The van der Waals surface area contributed by atoms with Crippen LogP contribution in [0, 0.1) is 6.92 Å². The molecule has 0 amide bonds. The summed E-state index contributed by atoms with van der Waals surface area (Å²) in [6.07, 6.45) is 1.41. The van der Waals surface area contributed by atoms with Gasteiger partial charge in [0.15, 0.2) is 5.82 Å². The van der Waals surface area contributed by atoms with E-state index in [2.05, 4.69) is 34.3 Å². The average Bonchev–Trinajstić information content (AvgIpc) is 2.89. The lowest BCUT2D eigenvalue weighted by Gasteiger charge is -2.07. The molecule has 0 aliphatic rings. The largest absolute Gasteiger partial charge is 0.339 e. The Hall–Kier alpha value is -1.27. The molecule has 0 bridgehead atoms. The minimum Gasteiger partial charge on any atom is -0.339 e. The van der Waals surface area contributed by atoms with Crippen LogP contribution in [0.2, 0.25) is 0 Å². The lowest BCUT2D eigenvalue weighted by Crippen LogP contribution is -2.27. The molecule has 0 saturated carbocycles. The SMILES string of the molecule is CCNC(C)Cc1nc(Cc2nc(C)cs2)no1. The Balaban J connectivity index is 1.93. The van der Waals surface area contributed by atoms with Gasteiger partial charge in [-0.05, 0) is 20.4 Å². The summed E-state index contributed by atoms with van der Waals surface area (Å²) < 4.78 is 5.24. The van der Waals surface area contributed by atoms with Gasteiger partial charge in [0.2, 0.25) is 5.89 Å². The van der Waals surface area contributed by atoms with E-state index in [-0.39, 0.29) is 0 Å². The standard InChI is InChI=1S/C12H18N4OS/c1-4-13-8(2)5-11-15-10(16-17-11)6-12-14-9(3)7-18-12/h7-8,13H,4-6H2,1-3H3. The predicted molar refractivity (Wildman–Crippen MR) is 70.8 cm³/mol. The van der Waals surface area contributed by atoms with Crippen molar-refractivity contribution in [3.8, 4) is 0 Å². The number of likely N-dealkylation sites (N-methyl/N-ethyl adjacent to an activating group) is 1. The minimum absolute atomic E-state index is 0.352. The molecule has 0 aliphatic carbocycles. The van der Waals surface area contributed by atoms with Crippen molar-refractivity contribution in [3.63, 3.8) is 0 Å². The van der Waals surface area contributed by atoms with Gasteiger partial charge in [0, 0.05) is 23.5 Å². The van der Waals surface area contributed by atoms with E-state index in [1.54, 1.807) is 11.3 Å². The van der Waals surface area contributed by atoms with Crippen LogP contribution in [0.1, 0.15) is 36.3 Å². The molecule has 0 spiro atoms. The zero-order chi connectivity index (χ0) is 13.0. The zero-order valence-corrected chi connectivity index (χ0v) is 11.8. The van der Waals surface area contributed by atoms with Crippen LogP contribution in [0.15, 0.2) is 9.90 Å². The minimum atomic E-state index is 0.352. The summed E-state index contributed by atoms with van der Waals surface area (Å²) in [6, 6.07) is 0.352. The second-order valence-electron chi connectivity index (χ2n) is 4.33. The molecule has 1 N–H and O–H groups in total. The molecule has 0 aromatic carbocycles. The highest BCUT2D eigenvalue weighted by Crippen LogP contribution is 2.13. The van der Waals surface area contributed by atoms with Gasteiger partial charge in [-0.2, -0.15) is 4.98 Å². The van der Waals surface area contributed by atoms with Crippen LogP contribution < -0.4 is 5.32 Å². The number of nitrogens with one attached hydrogen (secondary N) is 1. The highest BCUT2D eigenvalue weighted by atomic mass is 32.1. The Labute approximate surface area is 111 Å². The summed E-state index contributed by atoms with van der Waals surface area (Å²) >= 11 is 1.63. The van der Waals surface area contributed by atoms with E-state index in [9.17, 15) is 0 Å². The normalized spacial score (nSPS) is 12.8. The molecule has 0 fully saturated rings. The summed E-state index contributed by atoms with van der Waals surface area (Å²) in [6.45, 7) is 7.12. The molecule has 2 aromatic rings. The molecular weight excluding hydrogens is 248 g/mol. The van der Waals surface area contributed by atoms with Crippen molar-refractivity contribution in [1.29, 1.82) is 0 Å². The van der Waals surface area contributed by atoms with Crippen LogP contribution in [-0.2, 0) is 12.8 Å². The van der Waals surface area contributed by atoms with Crippen LogP contribution in [0.4, 0.5) is 0 Å². The maximum absolute atomic E-state index is 5.24. The van der Waals surface area contributed by atoms with Crippen molar-refractivity contribution in [2.75, 3.05) is 6.54 Å². The number of aromatic nitrogens is 3. The fourth-order valence-corrected chi connectivity index (χ4v) is 2.52. The average molecular weight is 266 g/mol. The first kappa shape index (κ1) is 13.2. The molecule has 6 heteroatoms. The van der Waals surface area contributed by atoms with Crippen LogP contribution >= 0.6 is 11.3 Å². The molecule has 0 radical (unpaired) electrons. The molecule has 98 valence electrons. The first-order valence-electron chi connectivity index (χ1n) is 6.13. The number of hydrogen-bond donors (Lipinski definition) is 1. The third-order valence-electron chi connectivity index (χ3n) is 2.52. The van der Waals surface area contributed by atoms with E-state index in [4.69, 9.17) is 4.52 Å². The van der Waals surface area contributed by atoms with Crippen LogP contribution in [0.25, 0.3) is 0 Å². The van der Waals surface area contributed by atoms with Crippen molar-refractivity contribution in [3.05, 3.63) is 27.8 Å². The van der Waals surface area contributed by atoms with Gasteiger partial charge in [-0.3, -0.25) is 0 Å². The molecule has 1 unspecified atom stereocenters. The first-order valence-corrected chi connectivity index (χ1v) is 7.01. The van der Waals surface area contributed by atoms with Crippen LogP contribution in [-0.4, -0.2) is 27.7 Å². The van der Waals surface area contributed by atoms with Gasteiger partial charge >= 0.3 is 0 Å². The molecule has 18 heavy (non-hydrogen) atoms. The topological polar surface area (TPSA) is 63.8 Å². The molecular formula is C12H18N4OS. The lowest BCUT2D eigenvalue weighted by molar-refractivity contribution is 0.359. The molecule has 5 nitrogen and oxygen atoms in total. The lowest BCUT2D eigenvalue weighted by atomic mass is 10.2. The summed E-state index contributed by atoms with van der Waals surface area (Å²) in [5.41, 5.74) is 1.04. The summed E-state index contributed by atoms with van der Waals surface area (Å²) in [7, 11) is 0. The highest BCUT2D eigenvalue weighted by Gasteiger charge is 2.11. The monoisotopic (exact) mass is 266 g/mol. The number of aryl methyl sites for hydroxylation is 1. The van der Waals surface area contributed by atoms with E-state index in [0.29, 0.717) is 24.2 Å². The maximum Gasteiger partial charge on any atom is 0.228 e. The van der Waals surface area contributed by atoms with Gasteiger partial charge < -0.3 is 9.84 Å². The Morgan fingerprint density at radius 3 is 2.94 bits per heavy atom. The number of thiazole rings is 1. The first-order chi connectivity index (χ1) is 8.67.